The maximum absolute atomic E-state index is 4.22. The molecule has 0 saturated heterocycles. The van der Waals surface area contributed by atoms with Crippen LogP contribution < -0.4 is 4.90 Å². The summed E-state index contributed by atoms with van der Waals surface area (Å²) in [5.74, 6) is 1.70. The second-order valence-electron chi connectivity index (χ2n) is 2.81. The fraction of sp³-hybridized carbons (Fsp3) is 0.100. The fourth-order valence-corrected chi connectivity index (χ4v) is 1.15. The maximum Gasteiger partial charge on any atom is 0.137 e. The molecule has 4 heteroatoms. The first kappa shape index (κ1) is 8.62. The van der Waals surface area contributed by atoms with Gasteiger partial charge in [-0.15, -0.1) is 0 Å². The third kappa shape index (κ3) is 1.69. The average Bonchev–Trinajstić information content (AvgIpc) is 2.30. The zero-order valence-electron chi connectivity index (χ0n) is 7.83. The Morgan fingerprint density at radius 3 is 2.50 bits per heavy atom. The lowest BCUT2D eigenvalue weighted by Crippen LogP contribution is -2.12. The van der Waals surface area contributed by atoms with E-state index in [1.807, 2.05) is 36.2 Å². The third-order valence-electron chi connectivity index (χ3n) is 1.90. The van der Waals surface area contributed by atoms with E-state index >= 15 is 0 Å². The molecule has 70 valence electrons. The maximum atomic E-state index is 4.22. The SMILES string of the molecule is CN(c1ccccn1)c1ccncn1. The Morgan fingerprint density at radius 2 is 1.86 bits per heavy atom. The number of pyridine rings is 1. The number of nitrogens with zero attached hydrogens (tertiary/aromatic N) is 4. The molecule has 0 N–H and O–H groups in total. The van der Waals surface area contributed by atoms with Crippen molar-refractivity contribution in [3.8, 4) is 0 Å². The molecular weight excluding hydrogens is 176 g/mol. The largest absolute Gasteiger partial charge is 0.314 e. The van der Waals surface area contributed by atoms with Gasteiger partial charge in [-0.3, -0.25) is 0 Å². The standard InChI is InChI=1S/C10H10N4/c1-14(9-4-2-3-6-12-9)10-5-7-11-8-13-10/h2-8H,1H3. The van der Waals surface area contributed by atoms with E-state index in [0.717, 1.165) is 11.6 Å². The van der Waals surface area contributed by atoms with Gasteiger partial charge in [0, 0.05) is 19.4 Å². The van der Waals surface area contributed by atoms with Crippen LogP contribution in [0.1, 0.15) is 0 Å². The first-order valence-corrected chi connectivity index (χ1v) is 4.29. The van der Waals surface area contributed by atoms with Crippen molar-refractivity contribution in [2.45, 2.75) is 0 Å². The second kappa shape index (κ2) is 3.83. The molecule has 0 aliphatic rings. The van der Waals surface area contributed by atoms with Crippen LogP contribution in [0.2, 0.25) is 0 Å². The van der Waals surface area contributed by atoms with Crippen molar-refractivity contribution < 1.29 is 0 Å². The molecule has 0 saturated carbocycles. The van der Waals surface area contributed by atoms with Gasteiger partial charge in [-0.05, 0) is 18.2 Å². The molecule has 0 aliphatic carbocycles. The minimum atomic E-state index is 0.832. The van der Waals surface area contributed by atoms with E-state index < -0.39 is 0 Å². The molecule has 0 bridgehead atoms. The molecule has 0 aliphatic heterocycles. The van der Waals surface area contributed by atoms with E-state index in [1.54, 1.807) is 12.4 Å². The molecule has 2 heterocycles. The Morgan fingerprint density at radius 1 is 1.00 bits per heavy atom. The van der Waals surface area contributed by atoms with E-state index in [1.165, 1.54) is 6.33 Å². The Labute approximate surface area is 82.3 Å². The predicted molar refractivity (Wildman–Crippen MR) is 54.3 cm³/mol. The Bertz CT molecular complexity index is 348. The van der Waals surface area contributed by atoms with Gasteiger partial charge in [-0.1, -0.05) is 6.07 Å². The zero-order valence-corrected chi connectivity index (χ0v) is 7.83. The molecule has 4 nitrogen and oxygen atoms in total. The van der Waals surface area contributed by atoms with Crippen LogP contribution in [0.25, 0.3) is 0 Å². The van der Waals surface area contributed by atoms with E-state index in [-0.39, 0.29) is 0 Å². The number of hydrogen-bond acceptors (Lipinski definition) is 4. The Kier molecular flexibility index (Phi) is 2.36. The van der Waals surface area contributed by atoms with Gasteiger partial charge in [0.25, 0.3) is 0 Å². The van der Waals surface area contributed by atoms with Crippen molar-refractivity contribution in [1.29, 1.82) is 0 Å². The smallest absolute Gasteiger partial charge is 0.137 e. The number of rotatable bonds is 2. The van der Waals surface area contributed by atoms with E-state index in [0.29, 0.717) is 0 Å². The van der Waals surface area contributed by atoms with Gasteiger partial charge in [-0.2, -0.15) is 0 Å². The van der Waals surface area contributed by atoms with Crippen molar-refractivity contribution in [3.05, 3.63) is 43.0 Å². The average molecular weight is 186 g/mol. The summed E-state index contributed by atoms with van der Waals surface area (Å²) < 4.78 is 0. The first-order chi connectivity index (χ1) is 6.88. The highest BCUT2D eigenvalue weighted by molar-refractivity contribution is 5.53. The Balaban J connectivity index is 2.30. The minimum Gasteiger partial charge on any atom is -0.314 e. The van der Waals surface area contributed by atoms with Crippen LogP contribution in [-0.2, 0) is 0 Å². The normalized spacial score (nSPS) is 9.79. The van der Waals surface area contributed by atoms with E-state index in [2.05, 4.69) is 15.0 Å². The minimum absolute atomic E-state index is 0.832. The van der Waals surface area contributed by atoms with Crippen molar-refractivity contribution in [2.75, 3.05) is 11.9 Å². The van der Waals surface area contributed by atoms with E-state index in [9.17, 15) is 0 Å². The molecule has 0 amide bonds. The lowest BCUT2D eigenvalue weighted by molar-refractivity contribution is 1.05. The molecule has 14 heavy (non-hydrogen) atoms. The fourth-order valence-electron chi connectivity index (χ4n) is 1.15. The van der Waals surface area contributed by atoms with Crippen LogP contribution in [0.5, 0.6) is 0 Å². The molecule has 0 aromatic carbocycles. The van der Waals surface area contributed by atoms with Crippen LogP contribution in [0, 0.1) is 0 Å². The lowest BCUT2D eigenvalue weighted by atomic mass is 10.4. The van der Waals surface area contributed by atoms with Crippen LogP contribution in [0.15, 0.2) is 43.0 Å². The molecule has 2 rings (SSSR count). The quantitative estimate of drug-likeness (QED) is 0.715. The molecule has 0 spiro atoms. The Hall–Kier alpha value is -1.97. The van der Waals surface area contributed by atoms with Crippen LogP contribution in [0.4, 0.5) is 11.6 Å². The van der Waals surface area contributed by atoms with Crippen LogP contribution in [0.3, 0.4) is 0 Å². The van der Waals surface area contributed by atoms with Crippen LogP contribution in [-0.4, -0.2) is 22.0 Å². The molecular formula is C10H10N4. The topological polar surface area (TPSA) is 41.9 Å². The van der Waals surface area contributed by atoms with Gasteiger partial charge in [0.15, 0.2) is 0 Å². The van der Waals surface area contributed by atoms with Gasteiger partial charge in [0.1, 0.15) is 18.0 Å². The third-order valence-corrected chi connectivity index (χ3v) is 1.90. The zero-order chi connectivity index (χ0) is 9.80. The summed E-state index contributed by atoms with van der Waals surface area (Å²) in [5.41, 5.74) is 0. The monoisotopic (exact) mass is 186 g/mol. The van der Waals surface area contributed by atoms with Crippen molar-refractivity contribution in [3.63, 3.8) is 0 Å². The van der Waals surface area contributed by atoms with Gasteiger partial charge in [-0.25, -0.2) is 15.0 Å². The summed E-state index contributed by atoms with van der Waals surface area (Å²) >= 11 is 0. The van der Waals surface area contributed by atoms with Crippen molar-refractivity contribution >= 4 is 11.6 Å². The molecule has 2 aromatic heterocycles. The molecule has 0 atom stereocenters. The highest BCUT2D eigenvalue weighted by Gasteiger charge is 2.03. The van der Waals surface area contributed by atoms with Crippen molar-refractivity contribution in [1.82, 2.24) is 15.0 Å². The number of hydrogen-bond donors (Lipinski definition) is 0. The number of anilines is 2. The van der Waals surface area contributed by atoms with Gasteiger partial charge in [0.05, 0.1) is 0 Å². The summed E-state index contributed by atoms with van der Waals surface area (Å²) in [4.78, 5) is 14.1. The first-order valence-electron chi connectivity index (χ1n) is 4.29. The highest BCUT2D eigenvalue weighted by atomic mass is 15.2. The van der Waals surface area contributed by atoms with E-state index in [4.69, 9.17) is 0 Å². The van der Waals surface area contributed by atoms with Gasteiger partial charge < -0.3 is 4.90 Å². The van der Waals surface area contributed by atoms with Gasteiger partial charge >= 0.3 is 0 Å². The van der Waals surface area contributed by atoms with Crippen molar-refractivity contribution in [2.24, 2.45) is 0 Å². The summed E-state index contributed by atoms with van der Waals surface area (Å²) in [6.07, 6.45) is 4.99. The summed E-state index contributed by atoms with van der Waals surface area (Å²) in [5, 5.41) is 0. The molecule has 2 aromatic rings. The molecule has 0 unspecified atom stereocenters. The summed E-state index contributed by atoms with van der Waals surface area (Å²) in [6, 6.07) is 7.61. The summed E-state index contributed by atoms with van der Waals surface area (Å²) in [7, 11) is 1.92. The molecule has 0 fully saturated rings. The lowest BCUT2D eigenvalue weighted by Gasteiger charge is -2.15. The number of aromatic nitrogens is 3. The van der Waals surface area contributed by atoms with Gasteiger partial charge in [0.2, 0.25) is 0 Å². The van der Waals surface area contributed by atoms with Crippen LogP contribution >= 0.6 is 0 Å². The molecule has 0 radical (unpaired) electrons. The predicted octanol–water partition coefficient (Wildman–Crippen LogP) is 1.64. The second-order valence-corrected chi connectivity index (χ2v) is 2.81. The summed E-state index contributed by atoms with van der Waals surface area (Å²) in [6.45, 7) is 0. The highest BCUT2D eigenvalue weighted by Crippen LogP contribution is 2.16.